The van der Waals surface area contributed by atoms with Gasteiger partial charge in [0.25, 0.3) is 0 Å². The molecule has 4 aliphatic carbocycles. The lowest BCUT2D eigenvalue weighted by Crippen LogP contribution is -2.66. The van der Waals surface area contributed by atoms with Crippen LogP contribution in [0.5, 0.6) is 0 Å². The molecule has 0 unspecified atom stereocenters. The Morgan fingerprint density at radius 1 is 0.812 bits per heavy atom. The van der Waals surface area contributed by atoms with Gasteiger partial charge < -0.3 is 14.6 Å². The highest BCUT2D eigenvalue weighted by Crippen LogP contribution is 2.77. The van der Waals surface area contributed by atoms with E-state index in [9.17, 15) is 5.11 Å². The first-order valence-corrected chi connectivity index (χ1v) is 13.9. The first kappa shape index (κ1) is 22.4. The predicted molar refractivity (Wildman–Crippen MR) is 127 cm³/mol. The maximum atomic E-state index is 11.0. The van der Waals surface area contributed by atoms with Gasteiger partial charge in [-0.3, -0.25) is 0 Å². The average Bonchev–Trinajstić information content (AvgIpc) is 3.23. The Morgan fingerprint density at radius 2 is 1.53 bits per heavy atom. The molecule has 2 heterocycles. The smallest absolute Gasteiger partial charge is 0.169 e. The molecule has 0 radical (unpaired) electrons. The van der Waals surface area contributed by atoms with Gasteiger partial charge in [-0.05, 0) is 110 Å². The Balaban J connectivity index is 1.46. The minimum absolute atomic E-state index is 0.00553. The summed E-state index contributed by atoms with van der Waals surface area (Å²) >= 11 is 0. The summed E-state index contributed by atoms with van der Waals surface area (Å²) in [6.45, 7) is 17.3. The van der Waals surface area contributed by atoms with E-state index in [4.69, 9.17) is 9.47 Å². The van der Waals surface area contributed by atoms with Crippen LogP contribution in [0.2, 0.25) is 0 Å². The minimum Gasteiger partial charge on any atom is -0.393 e. The molecule has 3 nitrogen and oxygen atoms in total. The molecule has 0 amide bonds. The zero-order valence-corrected chi connectivity index (χ0v) is 21.8. The van der Waals surface area contributed by atoms with Gasteiger partial charge in [-0.25, -0.2) is 0 Å². The topological polar surface area (TPSA) is 38.7 Å². The van der Waals surface area contributed by atoms with Gasteiger partial charge in [0.05, 0.1) is 17.8 Å². The molecule has 182 valence electrons. The van der Waals surface area contributed by atoms with Crippen LogP contribution >= 0.6 is 0 Å². The van der Waals surface area contributed by atoms with Gasteiger partial charge in [0.1, 0.15) is 0 Å². The molecule has 6 aliphatic rings. The highest BCUT2D eigenvalue weighted by molar-refractivity contribution is 5.21. The molecule has 2 bridgehead atoms. The summed E-state index contributed by atoms with van der Waals surface area (Å²) in [4.78, 5) is 0. The van der Waals surface area contributed by atoms with Gasteiger partial charge >= 0.3 is 0 Å². The summed E-state index contributed by atoms with van der Waals surface area (Å²) in [5, 5.41) is 11.0. The van der Waals surface area contributed by atoms with E-state index in [1.165, 1.54) is 38.5 Å². The average molecular weight is 445 g/mol. The van der Waals surface area contributed by atoms with Gasteiger partial charge in [-0.1, -0.05) is 41.5 Å². The summed E-state index contributed by atoms with van der Waals surface area (Å²) in [7, 11) is 0. The van der Waals surface area contributed by atoms with Crippen LogP contribution in [0.1, 0.15) is 113 Å². The maximum Gasteiger partial charge on any atom is 0.169 e. The Hall–Kier alpha value is -0.120. The molecule has 0 aromatic heterocycles. The molecule has 0 spiro atoms. The van der Waals surface area contributed by atoms with E-state index < -0.39 is 0 Å². The van der Waals surface area contributed by atoms with Gasteiger partial charge in [0, 0.05) is 6.42 Å². The van der Waals surface area contributed by atoms with Crippen LogP contribution < -0.4 is 0 Å². The van der Waals surface area contributed by atoms with Crippen molar-refractivity contribution in [3.63, 3.8) is 0 Å². The van der Waals surface area contributed by atoms with E-state index in [2.05, 4.69) is 48.5 Å². The number of hydrogen-bond acceptors (Lipinski definition) is 3. The summed E-state index contributed by atoms with van der Waals surface area (Å²) in [6.07, 6.45) is 11.9. The Bertz CT molecular complexity index is 808. The second-order valence-corrected chi connectivity index (χ2v) is 14.6. The molecule has 32 heavy (non-hydrogen) atoms. The lowest BCUT2D eigenvalue weighted by Gasteiger charge is -2.70. The molecule has 1 N–H and O–H groups in total. The quantitative estimate of drug-likeness (QED) is 0.488. The highest BCUT2D eigenvalue weighted by atomic mass is 16.7. The van der Waals surface area contributed by atoms with Crippen LogP contribution in [0.15, 0.2) is 0 Å². The number of fused-ring (bicyclic) bond motifs is 7. The van der Waals surface area contributed by atoms with Gasteiger partial charge in [-0.15, -0.1) is 0 Å². The fraction of sp³-hybridized carbons (Fsp3) is 1.00. The third kappa shape index (κ3) is 2.40. The molecule has 6 fully saturated rings. The lowest BCUT2D eigenvalue weighted by atomic mass is 9.35. The second kappa shape index (κ2) is 6.35. The molecule has 6 rings (SSSR count). The molecular weight excluding hydrogens is 396 g/mol. The predicted octanol–water partition coefficient (Wildman–Crippen LogP) is 6.72. The van der Waals surface area contributed by atoms with Gasteiger partial charge in [-0.2, -0.15) is 0 Å². The summed E-state index contributed by atoms with van der Waals surface area (Å²) < 4.78 is 14.1. The first-order valence-electron chi connectivity index (χ1n) is 13.9. The molecule has 3 heteroatoms. The molecule has 2 saturated heterocycles. The van der Waals surface area contributed by atoms with E-state index in [0.29, 0.717) is 46.0 Å². The largest absolute Gasteiger partial charge is 0.393 e. The first-order chi connectivity index (χ1) is 14.9. The van der Waals surface area contributed by atoms with Crippen molar-refractivity contribution in [1.29, 1.82) is 0 Å². The molecule has 0 aromatic rings. The third-order valence-electron chi connectivity index (χ3n) is 13.5. The van der Waals surface area contributed by atoms with Crippen LogP contribution in [-0.2, 0) is 9.47 Å². The van der Waals surface area contributed by atoms with E-state index in [-0.39, 0.29) is 22.9 Å². The molecular formula is C29H48O3. The Kier molecular flexibility index (Phi) is 4.44. The fourth-order valence-corrected chi connectivity index (χ4v) is 11.4. The van der Waals surface area contributed by atoms with E-state index >= 15 is 0 Å². The van der Waals surface area contributed by atoms with Crippen molar-refractivity contribution >= 4 is 0 Å². The Morgan fingerprint density at radius 3 is 2.25 bits per heavy atom. The molecule has 11 atom stereocenters. The molecule has 4 saturated carbocycles. The van der Waals surface area contributed by atoms with Crippen molar-refractivity contribution in [2.24, 2.45) is 45.3 Å². The number of aliphatic hydroxyl groups is 1. The lowest BCUT2D eigenvalue weighted by molar-refractivity contribution is -0.290. The van der Waals surface area contributed by atoms with Gasteiger partial charge in [0.15, 0.2) is 5.79 Å². The minimum atomic E-state index is -0.352. The monoisotopic (exact) mass is 444 g/mol. The van der Waals surface area contributed by atoms with Crippen LogP contribution in [0.4, 0.5) is 0 Å². The van der Waals surface area contributed by atoms with Crippen molar-refractivity contribution in [2.75, 3.05) is 0 Å². The normalized spacial score (nSPS) is 62.6. The number of hydrogen-bond donors (Lipinski definition) is 1. The zero-order chi connectivity index (χ0) is 22.9. The van der Waals surface area contributed by atoms with E-state index in [1.807, 2.05) is 0 Å². The van der Waals surface area contributed by atoms with Crippen LogP contribution in [0.25, 0.3) is 0 Å². The van der Waals surface area contributed by atoms with Crippen LogP contribution in [-0.4, -0.2) is 28.7 Å². The van der Waals surface area contributed by atoms with Crippen molar-refractivity contribution in [3.8, 4) is 0 Å². The maximum absolute atomic E-state index is 11.0. The van der Waals surface area contributed by atoms with Crippen molar-refractivity contribution < 1.29 is 14.6 Å². The second-order valence-electron chi connectivity index (χ2n) is 14.6. The summed E-state index contributed by atoms with van der Waals surface area (Å²) in [6, 6.07) is 0. The summed E-state index contributed by atoms with van der Waals surface area (Å²) in [5.74, 6) is 2.19. The fourth-order valence-electron chi connectivity index (χ4n) is 11.4. The molecule has 0 aromatic carbocycles. The van der Waals surface area contributed by atoms with E-state index in [0.717, 1.165) is 25.7 Å². The Labute approximate surface area is 196 Å². The van der Waals surface area contributed by atoms with Crippen molar-refractivity contribution in [2.45, 2.75) is 136 Å². The number of rotatable bonds is 1. The van der Waals surface area contributed by atoms with Crippen molar-refractivity contribution in [1.82, 2.24) is 0 Å². The third-order valence-corrected chi connectivity index (χ3v) is 13.5. The zero-order valence-electron chi connectivity index (χ0n) is 21.8. The van der Waals surface area contributed by atoms with E-state index in [1.54, 1.807) is 0 Å². The van der Waals surface area contributed by atoms with Gasteiger partial charge in [0.2, 0.25) is 0 Å². The SMILES string of the molecule is CC[C@]12CC[C@@](C)(O1)[C@H]1CC[C@]3(C)[C@@H]1[C@@H](C[C@@H]1[C@@]4(C)CC[C@H](O)C(C)(C)[C@@H]4CC[C@]13C)O2. The van der Waals surface area contributed by atoms with Crippen molar-refractivity contribution in [3.05, 3.63) is 0 Å². The number of ether oxygens (including phenoxy) is 2. The van der Waals surface area contributed by atoms with Crippen LogP contribution in [0.3, 0.4) is 0 Å². The standard InChI is InChI=1S/C29H48O3/c1-8-29-16-15-28(7,32-29)18-9-13-27(6)23(18)19(31-29)17-21-25(4)12-11-22(30)24(2,3)20(25)10-14-26(21,27)5/h18-23,30H,8-17H2,1-7H3/t18-,19+,20-,21+,22-,23-,25-,26+,27+,28+,29+/m0/s1. The summed E-state index contributed by atoms with van der Waals surface area (Å²) in [5.41, 5.74) is 0.977. The molecule has 2 aliphatic heterocycles. The van der Waals surface area contributed by atoms with Crippen LogP contribution in [0, 0.1) is 45.3 Å². The highest BCUT2D eigenvalue weighted by Gasteiger charge is 2.74. The number of aliphatic hydroxyl groups excluding tert-OH is 1.